The Morgan fingerprint density at radius 1 is 1.30 bits per heavy atom. The standard InChI is InChI=1S/C16H25NO3/c1-12(9-13-7-8-13)17-10-14(18)11-20-16-6-4-3-5-15(16)19-2/h3-6,12-14,17-18H,7-11H2,1-2H3. The highest BCUT2D eigenvalue weighted by Gasteiger charge is 2.23. The van der Waals surface area contributed by atoms with Crippen LogP contribution in [-0.4, -0.2) is 37.5 Å². The summed E-state index contributed by atoms with van der Waals surface area (Å²) in [5.41, 5.74) is 0. The van der Waals surface area contributed by atoms with Gasteiger partial charge in [-0.15, -0.1) is 0 Å². The zero-order valence-electron chi connectivity index (χ0n) is 12.3. The van der Waals surface area contributed by atoms with Gasteiger partial charge in [0.05, 0.1) is 7.11 Å². The van der Waals surface area contributed by atoms with Crippen LogP contribution < -0.4 is 14.8 Å². The molecule has 0 radical (unpaired) electrons. The van der Waals surface area contributed by atoms with Gasteiger partial charge >= 0.3 is 0 Å². The Morgan fingerprint density at radius 3 is 2.65 bits per heavy atom. The molecule has 1 aromatic carbocycles. The molecule has 2 N–H and O–H groups in total. The van der Waals surface area contributed by atoms with Crippen LogP contribution in [0.4, 0.5) is 0 Å². The number of benzene rings is 1. The molecule has 0 heterocycles. The van der Waals surface area contributed by atoms with Gasteiger partial charge in [0.1, 0.15) is 12.7 Å². The molecule has 0 aliphatic heterocycles. The van der Waals surface area contributed by atoms with Crippen molar-refractivity contribution < 1.29 is 14.6 Å². The average Bonchev–Trinajstić information content (AvgIpc) is 3.27. The van der Waals surface area contributed by atoms with Crippen molar-refractivity contribution in [2.45, 2.75) is 38.3 Å². The molecule has 20 heavy (non-hydrogen) atoms. The molecule has 1 aromatic rings. The predicted octanol–water partition coefficient (Wildman–Crippen LogP) is 2.21. The first-order valence-corrected chi connectivity index (χ1v) is 7.36. The van der Waals surface area contributed by atoms with Crippen LogP contribution in [-0.2, 0) is 0 Å². The molecule has 1 aliphatic rings. The van der Waals surface area contributed by atoms with E-state index in [1.807, 2.05) is 24.3 Å². The van der Waals surface area contributed by atoms with E-state index in [9.17, 15) is 5.11 Å². The van der Waals surface area contributed by atoms with E-state index in [0.717, 1.165) is 5.92 Å². The summed E-state index contributed by atoms with van der Waals surface area (Å²) in [4.78, 5) is 0. The first-order chi connectivity index (χ1) is 9.69. The molecule has 2 rings (SSSR count). The first kappa shape index (κ1) is 15.1. The molecule has 2 unspecified atom stereocenters. The smallest absolute Gasteiger partial charge is 0.161 e. The number of aliphatic hydroxyl groups is 1. The maximum atomic E-state index is 9.94. The van der Waals surface area contributed by atoms with E-state index >= 15 is 0 Å². The van der Waals surface area contributed by atoms with E-state index in [1.165, 1.54) is 19.3 Å². The Balaban J connectivity index is 1.67. The van der Waals surface area contributed by atoms with E-state index in [1.54, 1.807) is 7.11 Å². The van der Waals surface area contributed by atoms with Gasteiger partial charge in [-0.25, -0.2) is 0 Å². The molecule has 4 nitrogen and oxygen atoms in total. The second kappa shape index (κ2) is 7.50. The van der Waals surface area contributed by atoms with E-state index in [4.69, 9.17) is 9.47 Å². The molecule has 2 atom stereocenters. The Hall–Kier alpha value is -1.26. The molecule has 0 spiro atoms. The van der Waals surface area contributed by atoms with Crippen molar-refractivity contribution in [2.24, 2.45) is 5.92 Å². The molecule has 112 valence electrons. The minimum Gasteiger partial charge on any atom is -0.493 e. The molecule has 0 amide bonds. The molecule has 4 heteroatoms. The first-order valence-electron chi connectivity index (χ1n) is 7.36. The second-order valence-corrected chi connectivity index (χ2v) is 5.60. The van der Waals surface area contributed by atoms with Crippen LogP contribution in [0.1, 0.15) is 26.2 Å². The van der Waals surface area contributed by atoms with Crippen molar-refractivity contribution in [3.8, 4) is 11.5 Å². The van der Waals surface area contributed by atoms with Crippen molar-refractivity contribution in [2.75, 3.05) is 20.3 Å². The fourth-order valence-corrected chi connectivity index (χ4v) is 2.26. The maximum absolute atomic E-state index is 9.94. The Labute approximate surface area is 121 Å². The van der Waals surface area contributed by atoms with Gasteiger partial charge in [0.25, 0.3) is 0 Å². The quantitative estimate of drug-likeness (QED) is 0.727. The Kier molecular flexibility index (Phi) is 5.68. The lowest BCUT2D eigenvalue weighted by Gasteiger charge is -2.18. The fraction of sp³-hybridized carbons (Fsp3) is 0.625. The summed E-state index contributed by atoms with van der Waals surface area (Å²) in [7, 11) is 1.61. The number of hydrogen-bond acceptors (Lipinski definition) is 4. The number of rotatable bonds is 9. The van der Waals surface area contributed by atoms with Gasteiger partial charge in [-0.3, -0.25) is 0 Å². The van der Waals surface area contributed by atoms with E-state index in [2.05, 4.69) is 12.2 Å². The summed E-state index contributed by atoms with van der Waals surface area (Å²) in [5, 5.41) is 13.3. The van der Waals surface area contributed by atoms with Crippen LogP contribution in [0.3, 0.4) is 0 Å². The SMILES string of the molecule is COc1ccccc1OCC(O)CNC(C)CC1CC1. The number of hydrogen-bond donors (Lipinski definition) is 2. The highest BCUT2D eigenvalue weighted by atomic mass is 16.5. The zero-order chi connectivity index (χ0) is 14.4. The summed E-state index contributed by atoms with van der Waals surface area (Å²) in [6.07, 6.45) is 3.43. The summed E-state index contributed by atoms with van der Waals surface area (Å²) in [5.74, 6) is 2.26. The van der Waals surface area contributed by atoms with Crippen LogP contribution >= 0.6 is 0 Å². The van der Waals surface area contributed by atoms with Crippen LogP contribution in [0.15, 0.2) is 24.3 Å². The van der Waals surface area contributed by atoms with E-state index in [0.29, 0.717) is 24.1 Å². The summed E-state index contributed by atoms with van der Waals surface area (Å²) >= 11 is 0. The number of nitrogens with one attached hydrogen (secondary N) is 1. The lowest BCUT2D eigenvalue weighted by Crippen LogP contribution is -2.36. The highest BCUT2D eigenvalue weighted by Crippen LogP contribution is 2.33. The summed E-state index contributed by atoms with van der Waals surface area (Å²) in [6.45, 7) is 3.00. The van der Waals surface area contributed by atoms with Gasteiger partial charge in [-0.05, 0) is 31.4 Å². The number of methoxy groups -OCH3 is 1. The third-order valence-electron chi connectivity index (χ3n) is 3.59. The number of para-hydroxylation sites is 2. The zero-order valence-corrected chi connectivity index (χ0v) is 12.3. The predicted molar refractivity (Wildman–Crippen MR) is 79.3 cm³/mol. The van der Waals surface area contributed by atoms with Gasteiger partial charge in [0, 0.05) is 12.6 Å². The fourth-order valence-electron chi connectivity index (χ4n) is 2.26. The third kappa shape index (κ3) is 5.02. The normalized spacial score (nSPS) is 17.6. The van der Waals surface area contributed by atoms with Crippen molar-refractivity contribution in [1.29, 1.82) is 0 Å². The van der Waals surface area contributed by atoms with Crippen molar-refractivity contribution in [3.05, 3.63) is 24.3 Å². The van der Waals surface area contributed by atoms with Crippen LogP contribution in [0.25, 0.3) is 0 Å². The molecular weight excluding hydrogens is 254 g/mol. The monoisotopic (exact) mass is 279 g/mol. The van der Waals surface area contributed by atoms with Crippen molar-refractivity contribution >= 4 is 0 Å². The third-order valence-corrected chi connectivity index (χ3v) is 3.59. The molecule has 1 fully saturated rings. The largest absolute Gasteiger partial charge is 0.493 e. The lowest BCUT2D eigenvalue weighted by molar-refractivity contribution is 0.102. The molecule has 1 saturated carbocycles. The minimum absolute atomic E-state index is 0.267. The lowest BCUT2D eigenvalue weighted by atomic mass is 10.1. The number of aliphatic hydroxyl groups excluding tert-OH is 1. The highest BCUT2D eigenvalue weighted by molar-refractivity contribution is 5.39. The van der Waals surface area contributed by atoms with Gasteiger partial charge in [-0.2, -0.15) is 0 Å². The molecule has 0 bridgehead atoms. The molecule has 0 saturated heterocycles. The average molecular weight is 279 g/mol. The Morgan fingerprint density at radius 2 is 2.00 bits per heavy atom. The van der Waals surface area contributed by atoms with Gasteiger partial charge in [-0.1, -0.05) is 25.0 Å². The van der Waals surface area contributed by atoms with Crippen molar-refractivity contribution in [1.82, 2.24) is 5.32 Å². The maximum Gasteiger partial charge on any atom is 0.161 e. The van der Waals surface area contributed by atoms with Crippen LogP contribution in [0.2, 0.25) is 0 Å². The summed E-state index contributed by atoms with van der Waals surface area (Å²) in [6, 6.07) is 7.93. The van der Waals surface area contributed by atoms with Gasteiger partial charge in [0.15, 0.2) is 11.5 Å². The second-order valence-electron chi connectivity index (χ2n) is 5.60. The molecular formula is C16H25NO3. The van der Waals surface area contributed by atoms with Crippen LogP contribution in [0.5, 0.6) is 11.5 Å². The van der Waals surface area contributed by atoms with Gasteiger partial charge in [0.2, 0.25) is 0 Å². The van der Waals surface area contributed by atoms with E-state index < -0.39 is 6.10 Å². The van der Waals surface area contributed by atoms with Gasteiger partial charge < -0.3 is 19.9 Å². The minimum atomic E-state index is -0.512. The number of ether oxygens (including phenoxy) is 2. The molecule has 0 aromatic heterocycles. The molecule has 1 aliphatic carbocycles. The van der Waals surface area contributed by atoms with Crippen LogP contribution in [0, 0.1) is 5.92 Å². The topological polar surface area (TPSA) is 50.7 Å². The summed E-state index contributed by atoms with van der Waals surface area (Å²) < 4.78 is 10.8. The Bertz CT molecular complexity index is 406. The van der Waals surface area contributed by atoms with Crippen molar-refractivity contribution in [3.63, 3.8) is 0 Å². The van der Waals surface area contributed by atoms with E-state index in [-0.39, 0.29) is 6.61 Å².